The molecule has 2 rings (SSSR count). The predicted molar refractivity (Wildman–Crippen MR) is 145 cm³/mol. The van der Waals surface area contributed by atoms with E-state index in [9.17, 15) is 28.6 Å². The zero-order chi connectivity index (χ0) is 28.5. The molecule has 4 atom stereocenters. The first-order valence-electron chi connectivity index (χ1n) is 13.8. The SMILES string of the molecule is CCCCC[C@@H](O)[C@H](O)[C@@H](Cc1cc(F)cc(F)c1)C1(C(=O)N(CCC)CCC)C=C(C)C=C(C(N)=O)C1. The van der Waals surface area contributed by atoms with Crippen LogP contribution in [0, 0.1) is 23.0 Å². The van der Waals surface area contributed by atoms with E-state index < -0.39 is 41.1 Å². The van der Waals surface area contributed by atoms with Crippen LogP contribution in [0.25, 0.3) is 0 Å². The molecular weight excluding hydrogens is 490 g/mol. The van der Waals surface area contributed by atoms with Crippen LogP contribution in [0.1, 0.15) is 78.2 Å². The van der Waals surface area contributed by atoms with Crippen molar-refractivity contribution in [3.8, 4) is 0 Å². The molecule has 38 heavy (non-hydrogen) atoms. The maximum Gasteiger partial charge on any atom is 0.244 e. The maximum absolute atomic E-state index is 14.4. The number of nitrogens with zero attached hydrogens (tertiary/aromatic N) is 1. The highest BCUT2D eigenvalue weighted by Crippen LogP contribution is 2.46. The van der Waals surface area contributed by atoms with Gasteiger partial charge in [0.05, 0.1) is 17.6 Å². The van der Waals surface area contributed by atoms with Crippen LogP contribution in [0.5, 0.6) is 0 Å². The third kappa shape index (κ3) is 7.96. The summed E-state index contributed by atoms with van der Waals surface area (Å²) in [7, 11) is 0. The number of benzene rings is 1. The average Bonchev–Trinajstić information content (AvgIpc) is 2.85. The Labute approximate surface area is 225 Å². The van der Waals surface area contributed by atoms with Gasteiger partial charge in [-0.05, 0) is 56.7 Å². The summed E-state index contributed by atoms with van der Waals surface area (Å²) in [6.45, 7) is 8.62. The molecule has 0 saturated heterocycles. The van der Waals surface area contributed by atoms with Gasteiger partial charge in [0, 0.05) is 30.6 Å². The third-order valence-corrected chi connectivity index (χ3v) is 7.31. The van der Waals surface area contributed by atoms with Gasteiger partial charge < -0.3 is 20.8 Å². The number of primary amides is 1. The maximum atomic E-state index is 14.4. The number of carbonyl (C=O) groups is 2. The van der Waals surface area contributed by atoms with Crippen molar-refractivity contribution in [3.63, 3.8) is 0 Å². The van der Waals surface area contributed by atoms with Crippen molar-refractivity contribution in [1.82, 2.24) is 4.90 Å². The molecule has 1 unspecified atom stereocenters. The number of halogens is 2. The molecule has 0 spiro atoms. The number of nitrogens with two attached hydrogens (primary N) is 1. The van der Waals surface area contributed by atoms with E-state index in [1.165, 1.54) is 12.1 Å². The highest BCUT2D eigenvalue weighted by Gasteiger charge is 2.51. The van der Waals surface area contributed by atoms with Crippen LogP contribution in [0.3, 0.4) is 0 Å². The monoisotopic (exact) mass is 534 g/mol. The van der Waals surface area contributed by atoms with E-state index in [0.717, 1.165) is 18.9 Å². The van der Waals surface area contributed by atoms with Gasteiger partial charge in [0.1, 0.15) is 11.6 Å². The van der Waals surface area contributed by atoms with Gasteiger partial charge in [0.15, 0.2) is 0 Å². The summed E-state index contributed by atoms with van der Waals surface area (Å²) in [4.78, 5) is 28.5. The molecule has 1 aliphatic rings. The molecule has 0 radical (unpaired) electrons. The molecule has 1 aromatic rings. The van der Waals surface area contributed by atoms with Crippen LogP contribution in [-0.4, -0.2) is 52.2 Å². The Morgan fingerprint density at radius 2 is 1.63 bits per heavy atom. The van der Waals surface area contributed by atoms with Gasteiger partial charge in [-0.25, -0.2) is 8.78 Å². The highest BCUT2D eigenvalue weighted by atomic mass is 19.1. The van der Waals surface area contributed by atoms with Gasteiger partial charge in [-0.2, -0.15) is 0 Å². The number of hydrogen-bond acceptors (Lipinski definition) is 4. The Morgan fingerprint density at radius 3 is 2.16 bits per heavy atom. The number of amides is 2. The number of aliphatic hydroxyl groups excluding tert-OH is 2. The molecule has 0 saturated carbocycles. The number of aliphatic hydroxyl groups is 2. The lowest BCUT2D eigenvalue weighted by atomic mass is 9.62. The molecule has 212 valence electrons. The standard InChI is InChI=1S/C30H44F2N2O4/c1-5-8-9-10-26(35)27(36)25(16-21-14-23(31)17-24(32)15-21)30(29(38)34(11-6-2)12-7-3)18-20(4)13-22(19-30)28(33)37/h13-15,17-18,25-27,35-36H,5-12,16,19H2,1-4H3,(H2,33,37)/t25-,26-,27-,30?/m1/s1. The van der Waals surface area contributed by atoms with Crippen LogP contribution >= 0.6 is 0 Å². The third-order valence-electron chi connectivity index (χ3n) is 7.31. The lowest BCUT2D eigenvalue weighted by Crippen LogP contribution is -2.54. The first-order chi connectivity index (χ1) is 18.0. The number of carbonyl (C=O) groups excluding carboxylic acids is 2. The smallest absolute Gasteiger partial charge is 0.244 e. The molecule has 8 heteroatoms. The van der Waals surface area contributed by atoms with Gasteiger partial charge >= 0.3 is 0 Å². The minimum absolute atomic E-state index is 0.0797. The van der Waals surface area contributed by atoms with Gasteiger partial charge in [0.25, 0.3) is 0 Å². The molecule has 4 N–H and O–H groups in total. The molecule has 0 aliphatic heterocycles. The fourth-order valence-corrected chi connectivity index (χ4v) is 5.61. The topological polar surface area (TPSA) is 104 Å². The fourth-order valence-electron chi connectivity index (χ4n) is 5.61. The first-order valence-corrected chi connectivity index (χ1v) is 13.8. The summed E-state index contributed by atoms with van der Waals surface area (Å²) < 4.78 is 28.4. The second-order valence-electron chi connectivity index (χ2n) is 10.6. The summed E-state index contributed by atoms with van der Waals surface area (Å²) in [6.07, 6.45) is 4.80. The van der Waals surface area contributed by atoms with E-state index in [2.05, 4.69) is 0 Å². The first kappa shape index (κ1) is 31.6. The molecule has 0 bridgehead atoms. The number of hydrogen-bond donors (Lipinski definition) is 3. The minimum Gasteiger partial charge on any atom is -0.390 e. The minimum atomic E-state index is -1.46. The number of unbranched alkanes of at least 4 members (excludes halogenated alkanes) is 2. The van der Waals surface area contributed by atoms with Gasteiger partial charge in [0.2, 0.25) is 11.8 Å². The van der Waals surface area contributed by atoms with Crippen LogP contribution < -0.4 is 5.73 Å². The van der Waals surface area contributed by atoms with Crippen LogP contribution in [-0.2, 0) is 16.0 Å². The quantitative estimate of drug-likeness (QED) is 0.281. The van der Waals surface area contributed by atoms with Gasteiger partial charge in [-0.15, -0.1) is 0 Å². The fraction of sp³-hybridized carbons (Fsp3) is 0.600. The Hall–Kier alpha value is -2.58. The molecule has 0 aromatic heterocycles. The zero-order valence-corrected chi connectivity index (χ0v) is 23.2. The lowest BCUT2D eigenvalue weighted by Gasteiger charge is -2.45. The Bertz CT molecular complexity index is 999. The summed E-state index contributed by atoms with van der Waals surface area (Å²) in [6, 6.07) is 3.10. The van der Waals surface area contributed by atoms with E-state index in [1.807, 2.05) is 20.8 Å². The highest BCUT2D eigenvalue weighted by molar-refractivity contribution is 5.96. The molecular formula is C30H44F2N2O4. The van der Waals surface area contributed by atoms with E-state index >= 15 is 0 Å². The molecule has 0 fully saturated rings. The average molecular weight is 535 g/mol. The van der Waals surface area contributed by atoms with Crippen molar-refractivity contribution in [2.24, 2.45) is 17.1 Å². The van der Waals surface area contributed by atoms with Crippen LogP contribution in [0.4, 0.5) is 8.78 Å². The normalized spacial score (nSPS) is 19.8. The lowest BCUT2D eigenvalue weighted by molar-refractivity contribution is -0.148. The predicted octanol–water partition coefficient (Wildman–Crippen LogP) is 4.82. The number of allylic oxidation sites excluding steroid dienone is 2. The van der Waals surface area contributed by atoms with Crippen molar-refractivity contribution in [2.75, 3.05) is 13.1 Å². The van der Waals surface area contributed by atoms with E-state index in [0.29, 0.717) is 44.3 Å². The van der Waals surface area contributed by atoms with Crippen molar-refractivity contribution in [3.05, 3.63) is 58.7 Å². The van der Waals surface area contributed by atoms with Crippen molar-refractivity contribution >= 4 is 11.8 Å². The molecule has 6 nitrogen and oxygen atoms in total. The molecule has 1 aliphatic carbocycles. The Balaban J connectivity index is 2.73. The van der Waals surface area contributed by atoms with Crippen molar-refractivity contribution in [1.29, 1.82) is 0 Å². The molecule has 2 amide bonds. The Kier molecular flexibility index (Phi) is 12.1. The van der Waals surface area contributed by atoms with Crippen LogP contribution in [0.15, 0.2) is 41.5 Å². The largest absolute Gasteiger partial charge is 0.390 e. The van der Waals surface area contributed by atoms with Crippen molar-refractivity contribution < 1.29 is 28.6 Å². The Morgan fingerprint density at radius 1 is 1.03 bits per heavy atom. The van der Waals surface area contributed by atoms with E-state index in [4.69, 9.17) is 5.73 Å². The summed E-state index contributed by atoms with van der Waals surface area (Å²) in [5.41, 5.74) is 5.33. The van der Waals surface area contributed by atoms with Crippen molar-refractivity contribution in [2.45, 2.75) is 91.3 Å². The zero-order valence-electron chi connectivity index (χ0n) is 23.2. The molecule has 1 aromatic carbocycles. The summed E-state index contributed by atoms with van der Waals surface area (Å²) in [5.74, 6) is -3.51. The second-order valence-corrected chi connectivity index (χ2v) is 10.6. The van der Waals surface area contributed by atoms with E-state index in [1.54, 1.807) is 24.0 Å². The van der Waals surface area contributed by atoms with Crippen LogP contribution in [0.2, 0.25) is 0 Å². The summed E-state index contributed by atoms with van der Waals surface area (Å²) >= 11 is 0. The summed E-state index contributed by atoms with van der Waals surface area (Å²) in [5, 5.41) is 22.7. The van der Waals surface area contributed by atoms with Gasteiger partial charge in [-0.1, -0.05) is 57.8 Å². The molecule has 0 heterocycles. The number of rotatable bonds is 15. The van der Waals surface area contributed by atoms with Gasteiger partial charge in [-0.3, -0.25) is 9.59 Å². The second kappa shape index (κ2) is 14.5. The van der Waals surface area contributed by atoms with E-state index in [-0.39, 0.29) is 29.9 Å².